The second-order valence-electron chi connectivity index (χ2n) is 2.29. The molecule has 1 aromatic rings. The second-order valence-corrected chi connectivity index (χ2v) is 3.75. The van der Waals surface area contributed by atoms with Crippen LogP contribution in [0.3, 0.4) is 0 Å². The van der Waals surface area contributed by atoms with Crippen molar-refractivity contribution in [1.82, 2.24) is 9.78 Å². The first kappa shape index (κ1) is 10.3. The molecule has 0 aliphatic heterocycles. The zero-order valence-corrected chi connectivity index (χ0v) is 8.51. The fraction of sp³-hybridized carbons (Fsp3) is 0.500. The van der Waals surface area contributed by atoms with Crippen LogP contribution in [0.2, 0.25) is 0 Å². The summed E-state index contributed by atoms with van der Waals surface area (Å²) in [5, 5.41) is 14.9. The molecule has 1 heterocycles. The Bertz CT molecular complexity index is 315. The molecule has 0 spiro atoms. The van der Waals surface area contributed by atoms with E-state index in [4.69, 9.17) is 11.6 Å². The van der Waals surface area contributed by atoms with E-state index in [0.29, 0.717) is 16.7 Å². The average molecular weight is 222 g/mol. The van der Waals surface area contributed by atoms with Crippen molar-refractivity contribution in [3.8, 4) is 0 Å². The first-order valence-corrected chi connectivity index (χ1v) is 5.04. The number of thioether (sulfide) groups is 1. The van der Waals surface area contributed by atoms with Crippen molar-refractivity contribution in [2.24, 2.45) is 7.05 Å². The molecular weight excluding hydrogens is 214 g/mol. The maximum Gasteiger partial charge on any atom is 0.320 e. The molecule has 0 aliphatic rings. The molecular formula is C6H8ClN3O2S. The van der Waals surface area contributed by atoms with Crippen molar-refractivity contribution in [2.45, 2.75) is 5.03 Å². The van der Waals surface area contributed by atoms with E-state index in [1.807, 2.05) is 0 Å². The third-order valence-corrected chi connectivity index (χ3v) is 2.67. The van der Waals surface area contributed by atoms with Gasteiger partial charge in [0.15, 0.2) is 5.03 Å². The molecule has 1 rings (SSSR count). The summed E-state index contributed by atoms with van der Waals surface area (Å²) in [4.78, 5) is 10.1. The topological polar surface area (TPSA) is 61.0 Å². The van der Waals surface area contributed by atoms with Gasteiger partial charge in [0.25, 0.3) is 0 Å². The maximum atomic E-state index is 10.5. The monoisotopic (exact) mass is 221 g/mol. The Balaban J connectivity index is 2.84. The Morgan fingerprint density at radius 1 is 1.85 bits per heavy atom. The minimum absolute atomic E-state index is 0.0395. The summed E-state index contributed by atoms with van der Waals surface area (Å²) in [7, 11) is 1.65. The average Bonchev–Trinajstić information content (AvgIpc) is 2.43. The van der Waals surface area contributed by atoms with Gasteiger partial charge < -0.3 is 0 Å². The van der Waals surface area contributed by atoms with E-state index in [0.717, 1.165) is 0 Å². The summed E-state index contributed by atoms with van der Waals surface area (Å²) in [6, 6.07) is 0. The lowest BCUT2D eigenvalue weighted by molar-refractivity contribution is -0.387. The molecule has 7 heteroatoms. The van der Waals surface area contributed by atoms with Crippen LogP contribution in [0, 0.1) is 10.1 Å². The molecule has 0 atom stereocenters. The smallest absolute Gasteiger partial charge is 0.267 e. The van der Waals surface area contributed by atoms with Crippen molar-refractivity contribution >= 4 is 29.1 Å². The van der Waals surface area contributed by atoms with Gasteiger partial charge in [-0.2, -0.15) is 5.10 Å². The molecule has 0 fully saturated rings. The van der Waals surface area contributed by atoms with Gasteiger partial charge in [0, 0.05) is 18.7 Å². The fourth-order valence-electron chi connectivity index (χ4n) is 0.819. The molecule has 13 heavy (non-hydrogen) atoms. The van der Waals surface area contributed by atoms with E-state index in [1.165, 1.54) is 22.6 Å². The quantitative estimate of drug-likeness (QED) is 0.336. The molecule has 5 nitrogen and oxygen atoms in total. The molecule has 0 aromatic carbocycles. The maximum absolute atomic E-state index is 10.5. The summed E-state index contributed by atoms with van der Waals surface area (Å²) >= 11 is 6.76. The van der Waals surface area contributed by atoms with E-state index >= 15 is 0 Å². The van der Waals surface area contributed by atoms with Crippen molar-refractivity contribution in [3.63, 3.8) is 0 Å². The molecule has 0 saturated heterocycles. The molecule has 0 radical (unpaired) electrons. The van der Waals surface area contributed by atoms with Crippen LogP contribution in [-0.4, -0.2) is 26.3 Å². The highest BCUT2D eigenvalue weighted by Gasteiger charge is 2.17. The largest absolute Gasteiger partial charge is 0.320 e. The third-order valence-electron chi connectivity index (χ3n) is 1.29. The number of aryl methyl sites for hydroxylation is 1. The van der Waals surface area contributed by atoms with Crippen molar-refractivity contribution in [2.75, 3.05) is 11.6 Å². The Morgan fingerprint density at radius 3 is 3.08 bits per heavy atom. The summed E-state index contributed by atoms with van der Waals surface area (Å²) < 4.78 is 1.43. The SMILES string of the molecule is Cn1cc([N+](=O)[O-])c(SCCCl)n1. The van der Waals surface area contributed by atoms with E-state index in [9.17, 15) is 10.1 Å². The third kappa shape index (κ3) is 2.60. The van der Waals surface area contributed by atoms with Gasteiger partial charge in [0.05, 0.1) is 4.92 Å². The second kappa shape index (κ2) is 4.48. The predicted octanol–water partition coefficient (Wildman–Crippen LogP) is 1.66. The van der Waals surface area contributed by atoms with Crippen molar-refractivity contribution in [3.05, 3.63) is 16.3 Å². The first-order valence-electron chi connectivity index (χ1n) is 3.52. The minimum atomic E-state index is -0.441. The Hall–Kier alpha value is -0.750. The molecule has 0 bridgehead atoms. The lowest BCUT2D eigenvalue weighted by atomic mass is 10.6. The number of nitrogens with zero attached hydrogens (tertiary/aromatic N) is 3. The number of aromatic nitrogens is 2. The van der Waals surface area contributed by atoms with Gasteiger partial charge in [-0.1, -0.05) is 11.8 Å². The zero-order valence-electron chi connectivity index (χ0n) is 6.94. The van der Waals surface area contributed by atoms with Crippen LogP contribution >= 0.6 is 23.4 Å². The summed E-state index contributed by atoms with van der Waals surface area (Å²) in [6.45, 7) is 0. The van der Waals surface area contributed by atoms with Gasteiger partial charge >= 0.3 is 5.69 Å². The number of nitro groups is 1. The van der Waals surface area contributed by atoms with E-state index in [2.05, 4.69) is 5.10 Å². The van der Waals surface area contributed by atoms with Gasteiger partial charge in [-0.15, -0.1) is 11.6 Å². The number of hydrogen-bond acceptors (Lipinski definition) is 4. The van der Waals surface area contributed by atoms with Crippen LogP contribution in [0.1, 0.15) is 0 Å². The molecule has 1 aromatic heterocycles. The first-order chi connectivity index (χ1) is 6.15. The lowest BCUT2D eigenvalue weighted by Crippen LogP contribution is -1.89. The highest BCUT2D eigenvalue weighted by atomic mass is 35.5. The van der Waals surface area contributed by atoms with Gasteiger partial charge in [-0.05, 0) is 0 Å². The molecule has 0 N–H and O–H groups in total. The van der Waals surface area contributed by atoms with E-state index in [1.54, 1.807) is 7.05 Å². The normalized spacial score (nSPS) is 10.3. The Labute approximate surface area is 84.2 Å². The van der Waals surface area contributed by atoms with Gasteiger partial charge in [-0.25, -0.2) is 0 Å². The molecule has 0 saturated carbocycles. The van der Waals surface area contributed by atoms with Crippen LogP contribution in [0.25, 0.3) is 0 Å². The Kier molecular flexibility index (Phi) is 3.56. The molecule has 72 valence electrons. The molecule has 0 aliphatic carbocycles. The summed E-state index contributed by atoms with van der Waals surface area (Å²) in [5.41, 5.74) is 0.0395. The molecule has 0 amide bonds. The van der Waals surface area contributed by atoms with Crippen molar-refractivity contribution in [1.29, 1.82) is 0 Å². The van der Waals surface area contributed by atoms with E-state index < -0.39 is 4.92 Å². The molecule has 0 unspecified atom stereocenters. The number of halogens is 1. The highest BCUT2D eigenvalue weighted by Crippen LogP contribution is 2.26. The van der Waals surface area contributed by atoms with Gasteiger partial charge in [0.1, 0.15) is 6.20 Å². The van der Waals surface area contributed by atoms with Crippen molar-refractivity contribution < 1.29 is 4.92 Å². The van der Waals surface area contributed by atoms with Crippen LogP contribution in [0.5, 0.6) is 0 Å². The number of rotatable bonds is 4. The number of alkyl halides is 1. The van der Waals surface area contributed by atoms with Crippen LogP contribution in [-0.2, 0) is 7.05 Å². The number of hydrogen-bond donors (Lipinski definition) is 0. The standard InChI is InChI=1S/C6H8ClN3O2S/c1-9-4-5(10(11)12)6(8-9)13-3-2-7/h4H,2-3H2,1H3. The Morgan fingerprint density at radius 2 is 2.54 bits per heavy atom. The fourth-order valence-corrected chi connectivity index (χ4v) is 1.78. The lowest BCUT2D eigenvalue weighted by Gasteiger charge is -1.91. The van der Waals surface area contributed by atoms with Crippen LogP contribution in [0.15, 0.2) is 11.2 Å². The van der Waals surface area contributed by atoms with Gasteiger partial charge in [0.2, 0.25) is 0 Å². The minimum Gasteiger partial charge on any atom is -0.267 e. The highest BCUT2D eigenvalue weighted by molar-refractivity contribution is 7.99. The predicted molar refractivity (Wildman–Crippen MR) is 51.3 cm³/mol. The summed E-state index contributed by atoms with van der Waals surface area (Å²) in [5.74, 6) is 1.08. The van der Waals surface area contributed by atoms with Crippen LogP contribution in [0.4, 0.5) is 5.69 Å². The zero-order chi connectivity index (χ0) is 9.84. The van der Waals surface area contributed by atoms with E-state index in [-0.39, 0.29) is 5.69 Å². The van der Waals surface area contributed by atoms with Gasteiger partial charge in [-0.3, -0.25) is 14.8 Å². The van der Waals surface area contributed by atoms with Crippen LogP contribution < -0.4 is 0 Å². The summed E-state index contributed by atoms with van der Waals surface area (Å²) in [6.07, 6.45) is 1.39.